The van der Waals surface area contributed by atoms with Gasteiger partial charge in [0.1, 0.15) is 11.9 Å². The number of nitrogens with one attached hydrogen (secondary N) is 2. The van der Waals surface area contributed by atoms with Gasteiger partial charge in [-0.2, -0.15) is 0 Å². The molecule has 3 amide bonds. The summed E-state index contributed by atoms with van der Waals surface area (Å²) in [5.41, 5.74) is 2.87. The molecule has 0 saturated carbocycles. The molecule has 7 nitrogen and oxygen atoms in total. The third-order valence-corrected chi connectivity index (χ3v) is 5.48. The highest BCUT2D eigenvalue weighted by Gasteiger charge is 2.34. The fourth-order valence-electron chi connectivity index (χ4n) is 3.73. The summed E-state index contributed by atoms with van der Waals surface area (Å²) >= 11 is 0. The smallest absolute Gasteiger partial charge is 0.248 e. The number of rotatable bonds is 8. The summed E-state index contributed by atoms with van der Waals surface area (Å²) in [6.07, 6.45) is 1.47. The number of pyridine rings is 1. The topological polar surface area (TPSA) is 91.4 Å². The maximum atomic E-state index is 13.7. The first-order valence-corrected chi connectivity index (χ1v) is 12.0. The highest BCUT2D eigenvalue weighted by Crippen LogP contribution is 2.30. The van der Waals surface area contributed by atoms with Crippen molar-refractivity contribution >= 4 is 29.2 Å². The Morgan fingerprint density at radius 1 is 0.861 bits per heavy atom. The van der Waals surface area contributed by atoms with Crippen molar-refractivity contribution in [3.05, 3.63) is 89.6 Å². The minimum absolute atomic E-state index is 0.0424. The SMILES string of the molecule is Cc1ccc([C@@H](C(=O)NC(C)(C)C)N(C(=O)CCC(=O)Nc2ccccn2)c2ccc(C)cc2)cc1. The van der Waals surface area contributed by atoms with Gasteiger partial charge in [-0.1, -0.05) is 53.6 Å². The van der Waals surface area contributed by atoms with Crippen molar-refractivity contribution in [1.29, 1.82) is 0 Å². The van der Waals surface area contributed by atoms with Crippen LogP contribution < -0.4 is 15.5 Å². The zero-order valence-electron chi connectivity index (χ0n) is 21.5. The summed E-state index contributed by atoms with van der Waals surface area (Å²) in [5, 5.41) is 5.73. The lowest BCUT2D eigenvalue weighted by Crippen LogP contribution is -2.49. The van der Waals surface area contributed by atoms with Gasteiger partial charge >= 0.3 is 0 Å². The van der Waals surface area contributed by atoms with Crippen LogP contribution in [0.15, 0.2) is 72.9 Å². The van der Waals surface area contributed by atoms with Crippen molar-refractivity contribution in [3.63, 3.8) is 0 Å². The van der Waals surface area contributed by atoms with Crippen LogP contribution in [-0.2, 0) is 14.4 Å². The van der Waals surface area contributed by atoms with Crippen molar-refractivity contribution in [2.24, 2.45) is 0 Å². The summed E-state index contributed by atoms with van der Waals surface area (Å²) in [6.45, 7) is 9.63. The molecule has 2 aromatic carbocycles. The molecule has 1 atom stereocenters. The summed E-state index contributed by atoms with van der Waals surface area (Å²) in [7, 11) is 0. The van der Waals surface area contributed by atoms with Gasteiger partial charge in [0.2, 0.25) is 17.7 Å². The minimum Gasteiger partial charge on any atom is -0.349 e. The molecule has 7 heteroatoms. The third kappa shape index (κ3) is 7.50. The molecular formula is C29H34N4O3. The number of nitrogens with zero attached hydrogens (tertiary/aromatic N) is 2. The van der Waals surface area contributed by atoms with Crippen molar-refractivity contribution in [2.75, 3.05) is 10.2 Å². The Balaban J connectivity index is 1.94. The Labute approximate surface area is 212 Å². The fraction of sp³-hybridized carbons (Fsp3) is 0.310. The Kier molecular flexibility index (Phi) is 8.59. The van der Waals surface area contributed by atoms with E-state index in [1.165, 1.54) is 4.90 Å². The van der Waals surface area contributed by atoms with Crippen LogP contribution in [-0.4, -0.2) is 28.2 Å². The zero-order valence-corrected chi connectivity index (χ0v) is 21.5. The number of anilines is 2. The van der Waals surface area contributed by atoms with Crippen LogP contribution in [0.1, 0.15) is 56.3 Å². The van der Waals surface area contributed by atoms with Gasteiger partial charge in [-0.3, -0.25) is 19.3 Å². The van der Waals surface area contributed by atoms with E-state index in [-0.39, 0.29) is 30.6 Å². The second-order valence-electron chi connectivity index (χ2n) is 9.91. The number of aryl methyl sites for hydroxylation is 2. The Bertz CT molecular complexity index is 1180. The van der Waals surface area contributed by atoms with Crippen LogP contribution in [0.3, 0.4) is 0 Å². The first-order chi connectivity index (χ1) is 17.0. The molecule has 0 bridgehead atoms. The molecule has 0 radical (unpaired) electrons. The Hall–Kier alpha value is -4.00. The van der Waals surface area contributed by atoms with E-state index in [2.05, 4.69) is 15.6 Å². The molecule has 1 aromatic heterocycles. The molecule has 0 fully saturated rings. The largest absolute Gasteiger partial charge is 0.349 e. The second-order valence-corrected chi connectivity index (χ2v) is 9.91. The summed E-state index contributed by atoms with van der Waals surface area (Å²) in [4.78, 5) is 45.4. The standard InChI is InChI=1S/C29H34N4O3/c1-20-9-13-22(14-10-20)27(28(36)32-29(3,4)5)33(23-15-11-21(2)12-16-23)26(35)18-17-25(34)31-24-8-6-7-19-30-24/h6-16,19,27H,17-18H2,1-5H3,(H,32,36)(H,30,31,34)/t27-/m0/s1. The molecule has 1 heterocycles. The quantitative estimate of drug-likeness (QED) is 0.463. The van der Waals surface area contributed by atoms with Crippen LogP contribution in [0, 0.1) is 13.8 Å². The van der Waals surface area contributed by atoms with Gasteiger partial charge in [0, 0.05) is 30.3 Å². The molecule has 36 heavy (non-hydrogen) atoms. The van der Waals surface area contributed by atoms with Gasteiger partial charge in [0.25, 0.3) is 0 Å². The maximum Gasteiger partial charge on any atom is 0.248 e. The molecule has 3 rings (SSSR count). The van der Waals surface area contributed by atoms with Crippen LogP contribution in [0.4, 0.5) is 11.5 Å². The van der Waals surface area contributed by atoms with Crippen molar-refractivity contribution in [3.8, 4) is 0 Å². The Morgan fingerprint density at radius 2 is 1.47 bits per heavy atom. The number of hydrogen-bond acceptors (Lipinski definition) is 4. The third-order valence-electron chi connectivity index (χ3n) is 5.48. The molecule has 0 aliphatic rings. The molecule has 2 N–H and O–H groups in total. The van der Waals surface area contributed by atoms with Crippen LogP contribution in [0.2, 0.25) is 0 Å². The highest BCUT2D eigenvalue weighted by molar-refractivity contribution is 6.03. The summed E-state index contributed by atoms with van der Waals surface area (Å²) in [5.74, 6) is -0.521. The summed E-state index contributed by atoms with van der Waals surface area (Å²) in [6, 6.07) is 19.3. The molecule has 0 saturated heterocycles. The van der Waals surface area contributed by atoms with Crippen LogP contribution in [0.5, 0.6) is 0 Å². The first kappa shape index (κ1) is 26.6. The zero-order chi connectivity index (χ0) is 26.3. The molecule has 0 spiro atoms. The molecule has 188 valence electrons. The van der Waals surface area contributed by atoms with E-state index in [4.69, 9.17) is 0 Å². The van der Waals surface area contributed by atoms with Gasteiger partial charge in [0.15, 0.2) is 0 Å². The van der Waals surface area contributed by atoms with Gasteiger partial charge in [-0.25, -0.2) is 4.98 Å². The van der Waals surface area contributed by atoms with Crippen molar-refractivity contribution in [1.82, 2.24) is 10.3 Å². The van der Waals surface area contributed by atoms with Crippen molar-refractivity contribution in [2.45, 2.75) is 59.0 Å². The fourth-order valence-corrected chi connectivity index (χ4v) is 3.73. The summed E-state index contributed by atoms with van der Waals surface area (Å²) < 4.78 is 0. The van der Waals surface area contributed by atoms with E-state index >= 15 is 0 Å². The lowest BCUT2D eigenvalue weighted by Gasteiger charge is -2.34. The monoisotopic (exact) mass is 486 g/mol. The van der Waals surface area contributed by atoms with E-state index in [1.54, 1.807) is 24.4 Å². The molecule has 3 aromatic rings. The number of carbonyl (C=O) groups is 3. The van der Waals surface area contributed by atoms with E-state index in [9.17, 15) is 14.4 Å². The Morgan fingerprint density at radius 3 is 2.03 bits per heavy atom. The molecule has 0 aliphatic heterocycles. The van der Waals surface area contributed by atoms with E-state index in [0.717, 1.165) is 11.1 Å². The average molecular weight is 487 g/mol. The van der Waals surface area contributed by atoms with Crippen LogP contribution >= 0.6 is 0 Å². The van der Waals surface area contributed by atoms with Gasteiger partial charge in [0.05, 0.1) is 0 Å². The molecular weight excluding hydrogens is 452 g/mol. The van der Waals surface area contributed by atoms with E-state index < -0.39 is 11.6 Å². The van der Waals surface area contributed by atoms with E-state index in [0.29, 0.717) is 17.1 Å². The molecule has 0 aliphatic carbocycles. The lowest BCUT2D eigenvalue weighted by molar-refractivity contribution is -0.128. The number of hydrogen-bond donors (Lipinski definition) is 2. The number of amides is 3. The lowest BCUT2D eigenvalue weighted by atomic mass is 9.99. The van der Waals surface area contributed by atoms with Gasteiger partial charge in [-0.15, -0.1) is 0 Å². The number of aromatic nitrogens is 1. The second kappa shape index (κ2) is 11.6. The van der Waals surface area contributed by atoms with Gasteiger partial charge in [-0.05, 0) is 64.4 Å². The van der Waals surface area contributed by atoms with Crippen LogP contribution in [0.25, 0.3) is 0 Å². The number of benzene rings is 2. The number of carbonyl (C=O) groups excluding carboxylic acids is 3. The van der Waals surface area contributed by atoms with E-state index in [1.807, 2.05) is 83.1 Å². The average Bonchev–Trinajstić information content (AvgIpc) is 2.82. The maximum absolute atomic E-state index is 13.7. The predicted molar refractivity (Wildman–Crippen MR) is 143 cm³/mol. The minimum atomic E-state index is -0.904. The normalized spacial score (nSPS) is 11.9. The molecule has 0 unspecified atom stereocenters. The van der Waals surface area contributed by atoms with Gasteiger partial charge < -0.3 is 10.6 Å². The highest BCUT2D eigenvalue weighted by atomic mass is 16.2. The van der Waals surface area contributed by atoms with Crippen molar-refractivity contribution < 1.29 is 14.4 Å². The predicted octanol–water partition coefficient (Wildman–Crippen LogP) is 5.11. The first-order valence-electron chi connectivity index (χ1n) is 12.0.